The maximum absolute atomic E-state index is 12.4. The summed E-state index contributed by atoms with van der Waals surface area (Å²) in [5.41, 5.74) is 8.97. The molecule has 6 nitrogen and oxygen atoms in total. The topological polar surface area (TPSA) is 116 Å². The molecular formula is C19H19N5OS. The van der Waals surface area contributed by atoms with E-state index < -0.39 is 0 Å². The molecule has 0 aliphatic heterocycles. The molecule has 7 heteroatoms. The Morgan fingerprint density at radius 1 is 1.31 bits per heavy atom. The first-order valence-corrected chi connectivity index (χ1v) is 8.98. The first-order chi connectivity index (χ1) is 12.4. The molecule has 0 spiro atoms. The van der Waals surface area contributed by atoms with Gasteiger partial charge in [0.2, 0.25) is 5.91 Å². The zero-order valence-electron chi connectivity index (χ0n) is 14.8. The van der Waals surface area contributed by atoms with Gasteiger partial charge in [0, 0.05) is 5.69 Å². The van der Waals surface area contributed by atoms with Crippen LogP contribution in [-0.4, -0.2) is 16.6 Å². The zero-order valence-corrected chi connectivity index (χ0v) is 15.6. The van der Waals surface area contributed by atoms with Gasteiger partial charge >= 0.3 is 0 Å². The Labute approximate surface area is 157 Å². The van der Waals surface area contributed by atoms with Crippen LogP contribution >= 0.6 is 11.8 Å². The predicted molar refractivity (Wildman–Crippen MR) is 103 cm³/mol. The Bertz CT molecular complexity index is 925. The molecule has 0 bridgehead atoms. The van der Waals surface area contributed by atoms with Crippen molar-refractivity contribution in [3.05, 3.63) is 46.5 Å². The summed E-state index contributed by atoms with van der Waals surface area (Å²) in [7, 11) is 0. The van der Waals surface area contributed by atoms with Gasteiger partial charge in [-0.2, -0.15) is 10.5 Å². The molecular weight excluding hydrogens is 346 g/mol. The lowest BCUT2D eigenvalue weighted by molar-refractivity contribution is -0.113. The summed E-state index contributed by atoms with van der Waals surface area (Å²) in [6, 6.07) is 11.2. The summed E-state index contributed by atoms with van der Waals surface area (Å²) < 4.78 is 0. The fraction of sp³-hybridized carbons (Fsp3) is 0.263. The quantitative estimate of drug-likeness (QED) is 0.783. The number of benzene rings is 1. The molecule has 0 saturated heterocycles. The minimum atomic E-state index is -0.195. The van der Waals surface area contributed by atoms with Crippen LogP contribution in [0.15, 0.2) is 29.3 Å². The molecule has 2 rings (SSSR count). The maximum atomic E-state index is 12.4. The smallest absolute Gasteiger partial charge is 0.234 e. The highest BCUT2D eigenvalue weighted by Crippen LogP contribution is 2.28. The molecule has 0 unspecified atom stereocenters. The number of aromatic nitrogens is 1. The number of carbonyl (C=O) groups is 1. The van der Waals surface area contributed by atoms with E-state index in [-0.39, 0.29) is 34.5 Å². The van der Waals surface area contributed by atoms with E-state index in [1.165, 1.54) is 6.07 Å². The Kier molecular flexibility index (Phi) is 6.21. The summed E-state index contributed by atoms with van der Waals surface area (Å²) in [4.78, 5) is 16.5. The molecule has 1 aromatic carbocycles. The number of para-hydroxylation sites is 1. The second kappa shape index (κ2) is 8.37. The third kappa shape index (κ3) is 4.33. The van der Waals surface area contributed by atoms with Crippen LogP contribution in [0.25, 0.3) is 0 Å². The highest BCUT2D eigenvalue weighted by Gasteiger charge is 2.15. The normalized spacial score (nSPS) is 10.2. The van der Waals surface area contributed by atoms with Crippen LogP contribution in [0.2, 0.25) is 0 Å². The molecule has 1 amide bonds. The molecule has 0 saturated carbocycles. The van der Waals surface area contributed by atoms with E-state index in [2.05, 4.69) is 24.1 Å². The number of pyridine rings is 1. The van der Waals surface area contributed by atoms with E-state index in [0.29, 0.717) is 5.03 Å². The van der Waals surface area contributed by atoms with Gasteiger partial charge in [0.15, 0.2) is 0 Å². The van der Waals surface area contributed by atoms with Crippen LogP contribution < -0.4 is 11.1 Å². The Hall–Kier alpha value is -3.03. The number of nitrogens with two attached hydrogens (primary N) is 1. The van der Waals surface area contributed by atoms with Crippen molar-refractivity contribution in [2.45, 2.75) is 31.7 Å². The van der Waals surface area contributed by atoms with E-state index in [0.717, 1.165) is 28.6 Å². The summed E-state index contributed by atoms with van der Waals surface area (Å²) in [5.74, 6) is 0.220. The molecule has 0 aliphatic rings. The van der Waals surface area contributed by atoms with Crippen molar-refractivity contribution in [1.29, 1.82) is 10.5 Å². The fourth-order valence-electron chi connectivity index (χ4n) is 2.44. The van der Waals surface area contributed by atoms with Gasteiger partial charge in [-0.25, -0.2) is 4.98 Å². The molecule has 3 N–H and O–H groups in total. The number of amides is 1. The van der Waals surface area contributed by atoms with E-state index >= 15 is 0 Å². The van der Waals surface area contributed by atoms with Crippen molar-refractivity contribution in [2.75, 3.05) is 16.8 Å². The van der Waals surface area contributed by atoms with Crippen LogP contribution in [0.1, 0.15) is 42.0 Å². The van der Waals surface area contributed by atoms with Crippen molar-refractivity contribution in [2.24, 2.45) is 0 Å². The number of hydrogen-bond donors (Lipinski definition) is 2. The summed E-state index contributed by atoms with van der Waals surface area (Å²) in [6.45, 7) is 6.09. The number of rotatable bonds is 5. The van der Waals surface area contributed by atoms with Crippen LogP contribution in [0.4, 0.5) is 11.5 Å². The molecule has 0 aliphatic carbocycles. The van der Waals surface area contributed by atoms with Gasteiger partial charge in [-0.3, -0.25) is 4.79 Å². The summed E-state index contributed by atoms with van der Waals surface area (Å²) in [5, 5.41) is 21.5. The minimum Gasteiger partial charge on any atom is -0.383 e. The molecule has 1 heterocycles. The third-order valence-electron chi connectivity index (χ3n) is 3.79. The Balaban J connectivity index is 2.15. The van der Waals surface area contributed by atoms with Crippen molar-refractivity contribution < 1.29 is 4.79 Å². The first kappa shape index (κ1) is 19.3. The van der Waals surface area contributed by atoms with Crippen molar-refractivity contribution >= 4 is 29.2 Å². The van der Waals surface area contributed by atoms with Gasteiger partial charge in [-0.15, -0.1) is 0 Å². The van der Waals surface area contributed by atoms with E-state index in [4.69, 9.17) is 11.0 Å². The highest BCUT2D eigenvalue weighted by atomic mass is 32.2. The molecule has 26 heavy (non-hydrogen) atoms. The summed E-state index contributed by atoms with van der Waals surface area (Å²) >= 11 is 1.12. The van der Waals surface area contributed by atoms with E-state index in [1.807, 2.05) is 37.3 Å². The number of carbonyl (C=O) groups excluding carboxylic acids is 1. The fourth-order valence-corrected chi connectivity index (χ4v) is 3.20. The number of nitrogens with zero attached hydrogens (tertiary/aromatic N) is 3. The molecule has 0 atom stereocenters. The molecule has 132 valence electrons. The van der Waals surface area contributed by atoms with E-state index in [1.54, 1.807) is 0 Å². The average molecular weight is 365 g/mol. The van der Waals surface area contributed by atoms with Crippen LogP contribution in [-0.2, 0) is 4.79 Å². The third-order valence-corrected chi connectivity index (χ3v) is 4.78. The first-order valence-electron chi connectivity index (χ1n) is 8.00. The SMILES string of the molecule is Cc1cccc(C(C)C)c1NC(=O)CSc1nc(N)c(C#N)cc1C#N. The highest BCUT2D eigenvalue weighted by molar-refractivity contribution is 8.00. The summed E-state index contributed by atoms with van der Waals surface area (Å²) in [6.07, 6.45) is 0. The molecule has 0 fully saturated rings. The van der Waals surface area contributed by atoms with Crippen molar-refractivity contribution in [3.63, 3.8) is 0 Å². The Morgan fingerprint density at radius 2 is 2.00 bits per heavy atom. The zero-order chi connectivity index (χ0) is 19.3. The number of nitrogen functional groups attached to an aromatic ring is 1. The molecule has 0 radical (unpaired) electrons. The van der Waals surface area contributed by atoms with Gasteiger partial charge in [0.05, 0.1) is 16.9 Å². The van der Waals surface area contributed by atoms with Crippen LogP contribution in [0.3, 0.4) is 0 Å². The number of aryl methyl sites for hydroxylation is 1. The number of nitrogens with one attached hydrogen (secondary N) is 1. The largest absolute Gasteiger partial charge is 0.383 e. The van der Waals surface area contributed by atoms with Gasteiger partial charge in [-0.05, 0) is 30.0 Å². The van der Waals surface area contributed by atoms with Crippen molar-refractivity contribution in [1.82, 2.24) is 4.98 Å². The van der Waals surface area contributed by atoms with Crippen molar-refractivity contribution in [3.8, 4) is 12.1 Å². The Morgan fingerprint density at radius 3 is 2.62 bits per heavy atom. The van der Waals surface area contributed by atoms with Gasteiger partial charge in [-0.1, -0.05) is 43.8 Å². The lowest BCUT2D eigenvalue weighted by atomic mass is 9.98. The lowest BCUT2D eigenvalue weighted by Gasteiger charge is -2.16. The number of nitriles is 2. The second-order valence-electron chi connectivity index (χ2n) is 6.03. The average Bonchev–Trinajstić information content (AvgIpc) is 2.61. The van der Waals surface area contributed by atoms with Gasteiger partial charge in [0.1, 0.15) is 23.0 Å². The molecule has 1 aromatic heterocycles. The maximum Gasteiger partial charge on any atom is 0.234 e. The number of hydrogen-bond acceptors (Lipinski definition) is 6. The second-order valence-corrected chi connectivity index (χ2v) is 6.99. The van der Waals surface area contributed by atoms with E-state index in [9.17, 15) is 10.1 Å². The van der Waals surface area contributed by atoms with Gasteiger partial charge in [0.25, 0.3) is 0 Å². The number of thioether (sulfide) groups is 1. The minimum absolute atomic E-state index is 0.0513. The van der Waals surface area contributed by atoms with Gasteiger partial charge < -0.3 is 11.1 Å². The lowest BCUT2D eigenvalue weighted by Crippen LogP contribution is -2.17. The van der Waals surface area contributed by atoms with Crippen LogP contribution in [0, 0.1) is 29.6 Å². The predicted octanol–water partition coefficient (Wildman–Crippen LogP) is 3.57. The monoisotopic (exact) mass is 365 g/mol. The standard InChI is InChI=1S/C19H19N5OS/c1-11(2)15-6-4-5-12(3)17(15)23-16(25)10-26-19-14(9-21)7-13(8-20)18(22)24-19/h4-7,11H,10H2,1-3H3,(H2,22,24)(H,23,25). The van der Waals surface area contributed by atoms with Crippen LogP contribution in [0.5, 0.6) is 0 Å². The number of anilines is 2. The molecule has 2 aromatic rings.